The molecule has 0 aliphatic heterocycles. The van der Waals surface area contributed by atoms with E-state index in [1.165, 1.54) is 0 Å². The first kappa shape index (κ1) is 27.8. The molecule has 0 aliphatic carbocycles. The van der Waals surface area contributed by atoms with Gasteiger partial charge in [-0.1, -0.05) is 48.5 Å². The molecular weight excluding hydrogens is 512 g/mol. The molecule has 0 unspecified atom stereocenters. The van der Waals surface area contributed by atoms with Gasteiger partial charge in [0.1, 0.15) is 12.1 Å². The summed E-state index contributed by atoms with van der Waals surface area (Å²) in [7, 11) is 0. The van der Waals surface area contributed by atoms with Crippen molar-refractivity contribution in [2.75, 3.05) is 0 Å². The van der Waals surface area contributed by atoms with Crippen LogP contribution in [0.1, 0.15) is 22.7 Å². The SMILES string of the molecule is NC(=O)[C@H](Cc1c[nH]c2ccccc12)NC(=O)[C@@H](NC(=O)NNC(=O)[C@H](N)Cc1ccncc1)c1ccccc1. The van der Waals surface area contributed by atoms with E-state index in [0.717, 1.165) is 22.0 Å². The van der Waals surface area contributed by atoms with Gasteiger partial charge < -0.3 is 27.1 Å². The Morgan fingerprint density at radius 2 is 1.52 bits per heavy atom. The number of carbonyl (C=O) groups is 4. The first-order valence-corrected chi connectivity index (χ1v) is 12.5. The maximum atomic E-state index is 13.4. The predicted molar refractivity (Wildman–Crippen MR) is 148 cm³/mol. The van der Waals surface area contributed by atoms with Gasteiger partial charge in [0.05, 0.1) is 6.04 Å². The maximum Gasteiger partial charge on any atom is 0.334 e. The highest BCUT2D eigenvalue weighted by atomic mass is 16.2. The lowest BCUT2D eigenvalue weighted by molar-refractivity contribution is -0.128. The molecule has 0 saturated carbocycles. The van der Waals surface area contributed by atoms with Gasteiger partial charge in [-0.2, -0.15) is 0 Å². The molecule has 40 heavy (non-hydrogen) atoms. The summed E-state index contributed by atoms with van der Waals surface area (Å²) >= 11 is 0. The lowest BCUT2D eigenvalue weighted by Crippen LogP contribution is -2.55. The van der Waals surface area contributed by atoms with Gasteiger partial charge in [-0.15, -0.1) is 0 Å². The van der Waals surface area contributed by atoms with Gasteiger partial charge in [0, 0.05) is 35.9 Å². The molecule has 2 aromatic heterocycles. The van der Waals surface area contributed by atoms with Gasteiger partial charge in [-0.3, -0.25) is 24.8 Å². The number of primary amides is 1. The molecule has 12 nitrogen and oxygen atoms in total. The highest BCUT2D eigenvalue weighted by Crippen LogP contribution is 2.20. The van der Waals surface area contributed by atoms with Crippen molar-refractivity contribution in [2.24, 2.45) is 11.5 Å². The summed E-state index contributed by atoms with van der Waals surface area (Å²) in [5, 5.41) is 6.08. The summed E-state index contributed by atoms with van der Waals surface area (Å²) in [6, 6.07) is 15.4. The van der Waals surface area contributed by atoms with Crippen molar-refractivity contribution in [2.45, 2.75) is 31.0 Å². The number of hydrogen-bond donors (Lipinski definition) is 7. The lowest BCUT2D eigenvalue weighted by Gasteiger charge is -2.23. The molecule has 0 fully saturated rings. The van der Waals surface area contributed by atoms with Gasteiger partial charge in [-0.05, 0) is 41.3 Å². The van der Waals surface area contributed by atoms with Crippen LogP contribution < -0.4 is 33.0 Å². The second-order valence-corrected chi connectivity index (χ2v) is 9.12. The van der Waals surface area contributed by atoms with Crippen LogP contribution in [-0.2, 0) is 27.2 Å². The molecule has 0 spiro atoms. The van der Waals surface area contributed by atoms with Gasteiger partial charge >= 0.3 is 6.03 Å². The van der Waals surface area contributed by atoms with Crippen LogP contribution in [0.15, 0.2) is 85.3 Å². The van der Waals surface area contributed by atoms with Crippen LogP contribution in [0, 0.1) is 0 Å². The number of aromatic amines is 1. The third kappa shape index (κ3) is 7.20. The van der Waals surface area contributed by atoms with Gasteiger partial charge in [0.25, 0.3) is 5.91 Å². The van der Waals surface area contributed by atoms with Crippen molar-refractivity contribution in [3.63, 3.8) is 0 Å². The third-order valence-corrected chi connectivity index (χ3v) is 6.27. The summed E-state index contributed by atoms with van der Waals surface area (Å²) in [4.78, 5) is 57.7. The van der Waals surface area contributed by atoms with Crippen LogP contribution in [0.4, 0.5) is 4.79 Å². The molecule has 206 valence electrons. The fourth-order valence-corrected chi connectivity index (χ4v) is 4.19. The number of benzene rings is 2. The van der Waals surface area contributed by atoms with Gasteiger partial charge in [0.15, 0.2) is 0 Å². The van der Waals surface area contributed by atoms with Crippen LogP contribution in [0.2, 0.25) is 0 Å². The van der Waals surface area contributed by atoms with E-state index in [4.69, 9.17) is 11.5 Å². The van der Waals surface area contributed by atoms with Crippen LogP contribution >= 0.6 is 0 Å². The second kappa shape index (κ2) is 13.0. The molecule has 2 aromatic carbocycles. The highest BCUT2D eigenvalue weighted by Gasteiger charge is 2.28. The number of amides is 5. The fraction of sp³-hybridized carbons (Fsp3) is 0.179. The number of nitrogens with two attached hydrogens (primary N) is 2. The summed E-state index contributed by atoms with van der Waals surface area (Å²) in [5.74, 6) is -2.02. The first-order chi connectivity index (χ1) is 19.3. The Bertz CT molecular complexity index is 1480. The molecule has 0 radical (unpaired) electrons. The van der Waals surface area contributed by atoms with Crippen molar-refractivity contribution in [3.05, 3.63) is 102 Å². The van der Waals surface area contributed by atoms with Crippen LogP contribution in [-0.4, -0.2) is 45.8 Å². The molecule has 9 N–H and O–H groups in total. The van der Waals surface area contributed by atoms with E-state index in [9.17, 15) is 19.2 Å². The predicted octanol–water partition coefficient (Wildman–Crippen LogP) is 0.717. The molecule has 12 heteroatoms. The molecular formula is C28H30N8O4. The maximum absolute atomic E-state index is 13.4. The Balaban J connectivity index is 1.41. The van der Waals surface area contributed by atoms with Crippen molar-refractivity contribution >= 4 is 34.7 Å². The zero-order valence-electron chi connectivity index (χ0n) is 21.5. The quantitative estimate of drug-likeness (QED) is 0.144. The molecule has 3 atom stereocenters. The zero-order chi connectivity index (χ0) is 28.5. The molecule has 5 amide bonds. The van der Waals surface area contributed by atoms with E-state index in [1.807, 2.05) is 24.3 Å². The number of hydrogen-bond acceptors (Lipinski definition) is 6. The van der Waals surface area contributed by atoms with E-state index >= 15 is 0 Å². The summed E-state index contributed by atoms with van der Waals surface area (Å²) in [6.07, 6.45) is 5.31. The standard InChI is InChI=1S/C28H30N8O4/c29-21(14-17-10-12-31-13-11-17)26(38)35-36-28(40)34-24(18-6-2-1-3-7-18)27(39)33-23(25(30)37)15-19-16-32-22-9-5-4-8-20(19)22/h1-13,16,21,23-24,32H,14-15,29H2,(H2,30,37)(H,33,39)(H,35,38)(H2,34,36,40)/t21-,23+,24+/m1/s1. The Morgan fingerprint density at radius 1 is 0.825 bits per heavy atom. The van der Waals surface area contributed by atoms with Crippen molar-refractivity contribution in [1.29, 1.82) is 0 Å². The monoisotopic (exact) mass is 542 g/mol. The van der Waals surface area contributed by atoms with E-state index in [1.54, 1.807) is 61.1 Å². The number of nitrogens with zero attached hydrogens (tertiary/aromatic N) is 1. The molecule has 2 heterocycles. The zero-order valence-corrected chi connectivity index (χ0v) is 21.5. The third-order valence-electron chi connectivity index (χ3n) is 6.27. The highest BCUT2D eigenvalue weighted by molar-refractivity contribution is 5.93. The van der Waals surface area contributed by atoms with Gasteiger partial charge in [-0.25, -0.2) is 10.2 Å². The molecule has 0 bridgehead atoms. The summed E-state index contributed by atoms with van der Waals surface area (Å²) < 4.78 is 0. The van der Waals surface area contributed by atoms with Crippen molar-refractivity contribution in [1.82, 2.24) is 31.5 Å². The number of hydrazine groups is 1. The molecule has 0 aliphatic rings. The topological polar surface area (TPSA) is 197 Å². The molecule has 0 saturated heterocycles. The average Bonchev–Trinajstić information content (AvgIpc) is 3.37. The number of pyridine rings is 1. The Kier molecular flexibility index (Phi) is 9.05. The Labute approximate surface area is 229 Å². The second-order valence-electron chi connectivity index (χ2n) is 9.12. The molecule has 4 rings (SSSR count). The van der Waals surface area contributed by atoms with Gasteiger partial charge in [0.2, 0.25) is 11.8 Å². The number of H-pyrrole nitrogens is 1. The number of aromatic nitrogens is 2. The van der Waals surface area contributed by atoms with E-state index in [0.29, 0.717) is 5.56 Å². The normalized spacial score (nSPS) is 13.0. The summed E-state index contributed by atoms with van der Waals surface area (Å²) in [6.45, 7) is 0. The van der Waals surface area contributed by atoms with E-state index < -0.39 is 41.9 Å². The largest absolute Gasteiger partial charge is 0.368 e. The minimum Gasteiger partial charge on any atom is -0.368 e. The van der Waals surface area contributed by atoms with Crippen molar-refractivity contribution in [3.8, 4) is 0 Å². The first-order valence-electron chi connectivity index (χ1n) is 12.5. The lowest BCUT2D eigenvalue weighted by atomic mass is 10.0. The van der Waals surface area contributed by atoms with Crippen LogP contribution in [0.3, 0.4) is 0 Å². The van der Waals surface area contributed by atoms with E-state index in [-0.39, 0.29) is 12.8 Å². The number of rotatable bonds is 10. The fourth-order valence-electron chi connectivity index (χ4n) is 4.19. The van der Waals surface area contributed by atoms with Crippen LogP contribution in [0.5, 0.6) is 0 Å². The minimum absolute atomic E-state index is 0.143. The Morgan fingerprint density at radius 3 is 2.25 bits per heavy atom. The van der Waals surface area contributed by atoms with E-state index in [2.05, 4.69) is 31.5 Å². The number of fused-ring (bicyclic) bond motifs is 1. The number of para-hydroxylation sites is 1. The Hall–Kier alpha value is -5.23. The van der Waals surface area contributed by atoms with Crippen LogP contribution in [0.25, 0.3) is 10.9 Å². The average molecular weight is 543 g/mol. The number of nitrogens with one attached hydrogen (secondary N) is 5. The van der Waals surface area contributed by atoms with Crippen molar-refractivity contribution < 1.29 is 19.2 Å². The minimum atomic E-state index is -1.20. The molecule has 4 aromatic rings. The smallest absolute Gasteiger partial charge is 0.334 e. The number of urea groups is 1. The summed E-state index contributed by atoms with van der Waals surface area (Å²) in [5.41, 5.74) is 19.0. The number of carbonyl (C=O) groups excluding carboxylic acids is 4.